The molecule has 0 bridgehead atoms. The van der Waals surface area contributed by atoms with Gasteiger partial charge < -0.3 is 20.2 Å². The Morgan fingerprint density at radius 1 is 1.28 bits per heavy atom. The second-order valence-corrected chi connectivity index (χ2v) is 4.05. The predicted octanol–water partition coefficient (Wildman–Crippen LogP) is -1.04. The minimum Gasteiger partial charge on any atom is -0.478 e. The van der Waals surface area contributed by atoms with Gasteiger partial charge >= 0.3 is 5.97 Å². The number of rotatable bonds is 2. The summed E-state index contributed by atoms with van der Waals surface area (Å²) >= 11 is 0. The summed E-state index contributed by atoms with van der Waals surface area (Å²) in [6, 6.07) is 2.71. The second kappa shape index (κ2) is 4.71. The Morgan fingerprint density at radius 2 is 1.89 bits per heavy atom. The van der Waals surface area contributed by atoms with E-state index in [2.05, 4.69) is 4.98 Å². The van der Waals surface area contributed by atoms with Gasteiger partial charge in [0.2, 0.25) is 0 Å². The molecule has 2 heterocycles. The molecule has 2 rings (SSSR count). The van der Waals surface area contributed by atoms with Crippen LogP contribution in [0.25, 0.3) is 0 Å². The third-order valence-electron chi connectivity index (χ3n) is 2.79. The number of carboxylic acids is 1. The average molecular weight is 252 g/mol. The van der Waals surface area contributed by atoms with Crippen LogP contribution in [0.1, 0.15) is 20.8 Å². The molecule has 3 N–H and O–H groups in total. The quantitative estimate of drug-likeness (QED) is 0.620. The summed E-state index contributed by atoms with van der Waals surface area (Å²) in [6.45, 7) is -0.0642. The number of amides is 1. The van der Waals surface area contributed by atoms with Crippen molar-refractivity contribution >= 4 is 11.9 Å². The molecule has 0 unspecified atom stereocenters. The summed E-state index contributed by atoms with van der Waals surface area (Å²) < 4.78 is 0. The van der Waals surface area contributed by atoms with Crippen molar-refractivity contribution in [3.8, 4) is 0 Å². The van der Waals surface area contributed by atoms with E-state index in [1.54, 1.807) is 0 Å². The largest absolute Gasteiger partial charge is 0.478 e. The first-order chi connectivity index (χ1) is 8.50. The molecular formula is C11H12N2O5. The average Bonchev–Trinajstić information content (AvgIpc) is 2.68. The zero-order chi connectivity index (χ0) is 13.3. The number of aromatic carboxylic acids is 1. The van der Waals surface area contributed by atoms with Crippen LogP contribution in [-0.4, -0.2) is 62.4 Å². The van der Waals surface area contributed by atoms with Crippen LogP contribution in [0.15, 0.2) is 18.3 Å². The van der Waals surface area contributed by atoms with Crippen LogP contribution in [0.4, 0.5) is 0 Å². The molecule has 0 aliphatic carbocycles. The van der Waals surface area contributed by atoms with E-state index in [0.717, 1.165) is 0 Å². The maximum Gasteiger partial charge on any atom is 0.338 e. The molecule has 0 aromatic carbocycles. The number of β-amino-alcohol motifs (C(OH)–C–C–N with tert-alkyl or cyclic N) is 2. The van der Waals surface area contributed by atoms with Gasteiger partial charge in [-0.2, -0.15) is 0 Å². The number of hydrogen-bond acceptors (Lipinski definition) is 5. The summed E-state index contributed by atoms with van der Waals surface area (Å²) in [5, 5.41) is 27.7. The van der Waals surface area contributed by atoms with Crippen LogP contribution in [0.5, 0.6) is 0 Å². The van der Waals surface area contributed by atoms with Crippen molar-refractivity contribution in [3.63, 3.8) is 0 Å². The van der Waals surface area contributed by atoms with Gasteiger partial charge in [0.1, 0.15) is 5.69 Å². The minimum absolute atomic E-state index is 0.0321. The van der Waals surface area contributed by atoms with E-state index in [9.17, 15) is 19.8 Å². The van der Waals surface area contributed by atoms with Gasteiger partial charge in [0.15, 0.2) is 0 Å². The van der Waals surface area contributed by atoms with Crippen LogP contribution in [-0.2, 0) is 0 Å². The number of hydrogen-bond donors (Lipinski definition) is 3. The fraction of sp³-hybridized carbons (Fsp3) is 0.364. The van der Waals surface area contributed by atoms with Gasteiger partial charge in [-0.3, -0.25) is 9.78 Å². The number of carbonyl (C=O) groups excluding carboxylic acids is 1. The molecule has 0 spiro atoms. The number of aliphatic hydroxyl groups is 2. The summed E-state index contributed by atoms with van der Waals surface area (Å²) in [5.74, 6) is -1.85. The third-order valence-corrected chi connectivity index (χ3v) is 2.79. The van der Waals surface area contributed by atoms with Crippen LogP contribution in [0, 0.1) is 0 Å². The van der Waals surface area contributed by atoms with E-state index >= 15 is 0 Å². The Hall–Kier alpha value is -1.99. The van der Waals surface area contributed by atoms with Crippen molar-refractivity contribution < 1.29 is 24.9 Å². The maximum absolute atomic E-state index is 12.0. The van der Waals surface area contributed by atoms with Gasteiger partial charge in [-0.1, -0.05) is 0 Å². The first-order valence-corrected chi connectivity index (χ1v) is 5.34. The van der Waals surface area contributed by atoms with Crippen molar-refractivity contribution in [1.29, 1.82) is 0 Å². The molecule has 1 aliphatic rings. The number of nitrogens with zero attached hydrogens (tertiary/aromatic N) is 2. The highest BCUT2D eigenvalue weighted by Gasteiger charge is 2.34. The van der Waals surface area contributed by atoms with E-state index in [1.807, 2.05) is 0 Å². The zero-order valence-electron chi connectivity index (χ0n) is 9.35. The Morgan fingerprint density at radius 3 is 2.44 bits per heavy atom. The van der Waals surface area contributed by atoms with Gasteiger partial charge in [0, 0.05) is 19.3 Å². The number of aromatic nitrogens is 1. The van der Waals surface area contributed by atoms with Gasteiger partial charge in [-0.05, 0) is 12.1 Å². The van der Waals surface area contributed by atoms with Crippen LogP contribution < -0.4 is 0 Å². The van der Waals surface area contributed by atoms with E-state index in [-0.39, 0.29) is 24.3 Å². The summed E-state index contributed by atoms with van der Waals surface area (Å²) in [6.07, 6.45) is -0.695. The molecule has 96 valence electrons. The van der Waals surface area contributed by atoms with E-state index < -0.39 is 24.1 Å². The molecule has 2 atom stereocenters. The molecule has 7 nitrogen and oxygen atoms in total. The molecule has 1 fully saturated rings. The van der Waals surface area contributed by atoms with Crippen molar-refractivity contribution in [2.45, 2.75) is 12.2 Å². The normalized spacial score (nSPS) is 23.1. The zero-order valence-corrected chi connectivity index (χ0v) is 9.35. The van der Waals surface area contributed by atoms with E-state index in [4.69, 9.17) is 5.11 Å². The number of carboxylic acid groups (broad SMARTS) is 1. The monoisotopic (exact) mass is 252 g/mol. The smallest absolute Gasteiger partial charge is 0.338 e. The van der Waals surface area contributed by atoms with Crippen molar-refractivity contribution in [2.75, 3.05) is 13.1 Å². The lowest BCUT2D eigenvalue weighted by Crippen LogP contribution is -2.31. The number of aliphatic hydroxyl groups excluding tert-OH is 2. The molecule has 1 aromatic heterocycles. The fourth-order valence-electron chi connectivity index (χ4n) is 1.83. The molecule has 0 radical (unpaired) electrons. The molecule has 1 aromatic rings. The number of pyridine rings is 1. The highest BCUT2D eigenvalue weighted by atomic mass is 16.4. The van der Waals surface area contributed by atoms with E-state index in [1.165, 1.54) is 23.2 Å². The number of likely N-dealkylation sites (tertiary alicyclic amines) is 1. The Labute approximate surface area is 102 Å². The Bertz CT molecular complexity index is 480. The third kappa shape index (κ3) is 2.18. The topological polar surface area (TPSA) is 111 Å². The van der Waals surface area contributed by atoms with Crippen molar-refractivity contribution in [1.82, 2.24) is 9.88 Å². The summed E-state index contributed by atoms with van der Waals surface area (Å²) in [4.78, 5) is 27.9. The van der Waals surface area contributed by atoms with Crippen LogP contribution in [0.2, 0.25) is 0 Å². The van der Waals surface area contributed by atoms with Gasteiger partial charge in [0.05, 0.1) is 17.8 Å². The lowest BCUT2D eigenvalue weighted by molar-refractivity contribution is 0.0572. The SMILES string of the molecule is O=C(O)c1cccnc1C(=O)N1C[C@@H](O)[C@@H](O)C1. The maximum atomic E-state index is 12.0. The van der Waals surface area contributed by atoms with Gasteiger partial charge in [0.25, 0.3) is 5.91 Å². The summed E-state index contributed by atoms with van der Waals surface area (Å²) in [7, 11) is 0. The highest BCUT2D eigenvalue weighted by molar-refractivity contribution is 6.03. The lowest BCUT2D eigenvalue weighted by Gasteiger charge is -2.15. The molecule has 0 saturated carbocycles. The minimum atomic E-state index is -1.24. The molecule has 1 amide bonds. The molecule has 1 aliphatic heterocycles. The standard InChI is InChI=1S/C11H12N2O5/c14-7-4-13(5-8(7)15)10(16)9-6(11(17)18)2-1-3-12-9/h1-3,7-8,14-15H,4-5H2,(H,17,18)/t7-,8+. The lowest BCUT2D eigenvalue weighted by atomic mass is 10.2. The van der Waals surface area contributed by atoms with Gasteiger partial charge in [-0.15, -0.1) is 0 Å². The second-order valence-electron chi connectivity index (χ2n) is 4.05. The first kappa shape index (κ1) is 12.5. The molecule has 7 heteroatoms. The summed E-state index contributed by atoms with van der Waals surface area (Å²) in [5.41, 5.74) is -0.385. The first-order valence-electron chi connectivity index (χ1n) is 5.34. The van der Waals surface area contributed by atoms with Crippen molar-refractivity contribution in [2.24, 2.45) is 0 Å². The van der Waals surface area contributed by atoms with Crippen LogP contribution >= 0.6 is 0 Å². The Balaban J connectivity index is 2.27. The molecular weight excluding hydrogens is 240 g/mol. The number of carbonyl (C=O) groups is 2. The van der Waals surface area contributed by atoms with E-state index in [0.29, 0.717) is 0 Å². The van der Waals surface area contributed by atoms with Crippen molar-refractivity contribution in [3.05, 3.63) is 29.6 Å². The highest BCUT2D eigenvalue weighted by Crippen LogP contribution is 2.15. The molecule has 18 heavy (non-hydrogen) atoms. The van der Waals surface area contributed by atoms with Gasteiger partial charge in [-0.25, -0.2) is 4.79 Å². The van der Waals surface area contributed by atoms with Crippen LogP contribution in [0.3, 0.4) is 0 Å². The molecule has 1 saturated heterocycles. The predicted molar refractivity (Wildman–Crippen MR) is 59.1 cm³/mol. The fourth-order valence-corrected chi connectivity index (χ4v) is 1.83. The Kier molecular flexibility index (Phi) is 3.26.